The second kappa shape index (κ2) is 21.2. The Bertz CT molecular complexity index is 2160. The first-order valence-electron chi connectivity index (χ1n) is 18.8. The maximum Gasteiger partial charge on any atom is 0.255 e. The van der Waals surface area contributed by atoms with Crippen LogP contribution in [-0.2, 0) is 25.9 Å². The molecule has 1 heterocycles. The number of nitrogen functional groups attached to an aromatic ring is 1. The Hall–Kier alpha value is -6.74. The zero-order valence-electron chi connectivity index (χ0n) is 31.3. The average Bonchev–Trinajstić information content (AvgIpc) is 3.25. The van der Waals surface area contributed by atoms with Crippen molar-refractivity contribution in [3.8, 4) is 23.0 Å². The Morgan fingerprint density at radius 3 is 1.34 bits per heavy atom. The smallest absolute Gasteiger partial charge is 0.255 e. The lowest BCUT2D eigenvalue weighted by Crippen LogP contribution is -2.16. The molecule has 6 aromatic carbocycles. The van der Waals surface area contributed by atoms with Crippen molar-refractivity contribution in [3.05, 3.63) is 210 Å². The van der Waals surface area contributed by atoms with Crippen molar-refractivity contribution in [1.29, 1.82) is 0 Å². The van der Waals surface area contributed by atoms with Gasteiger partial charge in [-0.1, -0.05) is 84.9 Å². The van der Waals surface area contributed by atoms with Crippen LogP contribution in [0.2, 0.25) is 0 Å². The maximum absolute atomic E-state index is 12.2. The molecule has 0 unspecified atom stereocenters. The topological polar surface area (TPSA) is 111 Å². The van der Waals surface area contributed by atoms with Crippen LogP contribution in [-0.4, -0.2) is 24.0 Å². The minimum Gasteiger partial charge on any atom is -0.457 e. The van der Waals surface area contributed by atoms with Gasteiger partial charge in [0.15, 0.2) is 0 Å². The van der Waals surface area contributed by atoms with Crippen molar-refractivity contribution in [2.75, 3.05) is 24.1 Å². The van der Waals surface area contributed by atoms with Gasteiger partial charge in [0.2, 0.25) is 0 Å². The number of hydrogen-bond donors (Lipinski definition) is 4. The fourth-order valence-electron chi connectivity index (χ4n) is 5.69. The number of amides is 1. The van der Waals surface area contributed by atoms with Gasteiger partial charge in [0.05, 0.1) is 0 Å². The molecule has 0 saturated heterocycles. The van der Waals surface area contributed by atoms with Gasteiger partial charge in [0.25, 0.3) is 5.91 Å². The summed E-state index contributed by atoms with van der Waals surface area (Å²) in [6.45, 7) is 3.65. The molecule has 0 spiro atoms. The van der Waals surface area contributed by atoms with E-state index in [0.29, 0.717) is 17.0 Å². The third-order valence-electron chi connectivity index (χ3n) is 8.78. The van der Waals surface area contributed by atoms with Gasteiger partial charge in [-0.15, -0.1) is 0 Å². The number of ether oxygens (including phenoxy) is 2. The van der Waals surface area contributed by atoms with E-state index in [-0.39, 0.29) is 5.91 Å². The summed E-state index contributed by atoms with van der Waals surface area (Å²) in [7, 11) is 0. The van der Waals surface area contributed by atoms with Gasteiger partial charge in [-0.05, 0) is 133 Å². The third kappa shape index (κ3) is 13.3. The predicted molar refractivity (Wildman–Crippen MR) is 226 cm³/mol. The number of hydrogen-bond acceptors (Lipinski definition) is 7. The highest BCUT2D eigenvalue weighted by Gasteiger charge is 2.06. The molecular formula is C48H47N5O3. The molecule has 5 N–H and O–H groups in total. The molecule has 8 nitrogen and oxygen atoms in total. The second-order valence-electron chi connectivity index (χ2n) is 13.1. The molecule has 8 heteroatoms. The molecule has 0 aliphatic rings. The van der Waals surface area contributed by atoms with Crippen molar-refractivity contribution in [2.24, 2.45) is 0 Å². The van der Waals surface area contributed by atoms with Crippen molar-refractivity contribution in [2.45, 2.75) is 25.9 Å². The fraction of sp³-hybridized carbons (Fsp3) is 0.125. The first-order chi connectivity index (χ1) is 27.6. The molecule has 0 aliphatic carbocycles. The summed E-state index contributed by atoms with van der Waals surface area (Å²) in [4.78, 5) is 16.1. The molecule has 1 amide bonds. The van der Waals surface area contributed by atoms with E-state index >= 15 is 0 Å². The number of nitrogens with two attached hydrogens (primary N) is 1. The Morgan fingerprint density at radius 1 is 0.482 bits per heavy atom. The molecule has 282 valence electrons. The van der Waals surface area contributed by atoms with E-state index in [0.717, 1.165) is 62.0 Å². The molecule has 0 atom stereocenters. The second-order valence-corrected chi connectivity index (χ2v) is 13.1. The highest BCUT2D eigenvalue weighted by atomic mass is 16.5. The van der Waals surface area contributed by atoms with Gasteiger partial charge < -0.3 is 31.2 Å². The summed E-state index contributed by atoms with van der Waals surface area (Å²) in [6.07, 6.45) is 5.14. The van der Waals surface area contributed by atoms with Crippen LogP contribution in [0.4, 0.5) is 11.4 Å². The van der Waals surface area contributed by atoms with Gasteiger partial charge in [-0.2, -0.15) is 0 Å². The number of rotatable bonds is 16. The van der Waals surface area contributed by atoms with Gasteiger partial charge in [0, 0.05) is 42.4 Å². The number of nitrogens with zero attached hydrogens (tertiary/aromatic N) is 1. The third-order valence-corrected chi connectivity index (χ3v) is 8.78. The predicted octanol–water partition coefficient (Wildman–Crippen LogP) is 9.85. The van der Waals surface area contributed by atoms with Gasteiger partial charge in [-0.3, -0.25) is 9.78 Å². The molecule has 0 radical (unpaired) electrons. The van der Waals surface area contributed by atoms with Crippen LogP contribution < -0.4 is 31.2 Å². The quantitative estimate of drug-likeness (QED) is 0.0577. The molecule has 1 aromatic heterocycles. The summed E-state index contributed by atoms with van der Waals surface area (Å²) < 4.78 is 11.7. The van der Waals surface area contributed by atoms with Crippen molar-refractivity contribution in [1.82, 2.24) is 15.6 Å². The highest BCUT2D eigenvalue weighted by molar-refractivity contribution is 6.04. The standard InChI is InChI=1S/C27H25N3O2.C21H22N2O/c31-27(23-15-18-28-19-16-23)30-24-8-12-26(13-9-24)32-25-10-6-21(7-11-25)14-17-29-20-22-4-2-1-3-5-22;22-19-8-12-21(13-9-19)24-20-10-6-17(7-11-20)14-15-23-16-18-4-2-1-3-5-18/h1-13,15-16,18-19,29H,14,17,20H2,(H,30,31);1-13,23H,14-16,22H2. The van der Waals surface area contributed by atoms with E-state index in [2.05, 4.69) is 93.7 Å². The number of carbonyl (C=O) groups excluding carboxylic acids is 1. The van der Waals surface area contributed by atoms with Gasteiger partial charge >= 0.3 is 0 Å². The van der Waals surface area contributed by atoms with E-state index < -0.39 is 0 Å². The van der Waals surface area contributed by atoms with Crippen LogP contribution in [0.3, 0.4) is 0 Å². The average molecular weight is 742 g/mol. The normalized spacial score (nSPS) is 10.5. The number of aromatic nitrogens is 1. The monoisotopic (exact) mass is 741 g/mol. The van der Waals surface area contributed by atoms with Crippen LogP contribution in [0.1, 0.15) is 32.6 Å². The molecule has 0 fully saturated rings. The molecule has 56 heavy (non-hydrogen) atoms. The highest BCUT2D eigenvalue weighted by Crippen LogP contribution is 2.25. The van der Waals surface area contributed by atoms with Crippen LogP contribution in [0.15, 0.2) is 182 Å². The first-order valence-corrected chi connectivity index (χ1v) is 18.8. The first kappa shape index (κ1) is 39.0. The molecule has 0 saturated carbocycles. The lowest BCUT2D eigenvalue weighted by molar-refractivity contribution is 0.102. The Kier molecular flexibility index (Phi) is 14.8. The number of anilines is 2. The minimum absolute atomic E-state index is 0.171. The Labute approximate surface area is 329 Å². The number of nitrogens with one attached hydrogen (secondary N) is 3. The zero-order chi connectivity index (χ0) is 38.6. The van der Waals surface area contributed by atoms with E-state index in [1.165, 1.54) is 22.3 Å². The largest absolute Gasteiger partial charge is 0.457 e. The van der Waals surface area contributed by atoms with E-state index in [1.54, 1.807) is 24.5 Å². The van der Waals surface area contributed by atoms with E-state index in [9.17, 15) is 4.79 Å². The number of pyridine rings is 1. The van der Waals surface area contributed by atoms with Crippen molar-refractivity contribution >= 4 is 17.3 Å². The Morgan fingerprint density at radius 2 is 0.893 bits per heavy atom. The molecule has 0 bridgehead atoms. The fourth-order valence-corrected chi connectivity index (χ4v) is 5.69. The number of benzene rings is 6. The lowest BCUT2D eigenvalue weighted by Gasteiger charge is -2.09. The zero-order valence-corrected chi connectivity index (χ0v) is 31.3. The van der Waals surface area contributed by atoms with Crippen LogP contribution in [0.5, 0.6) is 23.0 Å². The van der Waals surface area contributed by atoms with Crippen LogP contribution in [0.25, 0.3) is 0 Å². The van der Waals surface area contributed by atoms with E-state index in [1.807, 2.05) is 84.9 Å². The van der Waals surface area contributed by atoms with Crippen molar-refractivity contribution < 1.29 is 14.3 Å². The van der Waals surface area contributed by atoms with E-state index in [4.69, 9.17) is 15.2 Å². The molecule has 0 aliphatic heterocycles. The lowest BCUT2D eigenvalue weighted by atomic mass is 10.1. The maximum atomic E-state index is 12.2. The molecule has 7 aromatic rings. The summed E-state index contributed by atoms with van der Waals surface area (Å²) in [5.41, 5.74) is 12.8. The SMILES string of the molecule is Nc1ccc(Oc2ccc(CCNCc3ccccc3)cc2)cc1.O=C(Nc1ccc(Oc2ccc(CCNCc3ccccc3)cc2)cc1)c1ccncc1. The van der Waals surface area contributed by atoms with Gasteiger partial charge in [0.1, 0.15) is 23.0 Å². The van der Waals surface area contributed by atoms with Crippen LogP contribution >= 0.6 is 0 Å². The summed E-state index contributed by atoms with van der Waals surface area (Å²) in [5.74, 6) is 2.95. The molecular weight excluding hydrogens is 695 g/mol. The summed E-state index contributed by atoms with van der Waals surface area (Å²) in [6, 6.07) is 55.3. The summed E-state index contributed by atoms with van der Waals surface area (Å²) in [5, 5.41) is 9.80. The Balaban J connectivity index is 0.000000198. The molecule has 7 rings (SSSR count). The summed E-state index contributed by atoms with van der Waals surface area (Å²) >= 11 is 0. The van der Waals surface area contributed by atoms with Gasteiger partial charge in [-0.25, -0.2) is 0 Å². The number of carbonyl (C=O) groups is 1. The van der Waals surface area contributed by atoms with Crippen LogP contribution in [0, 0.1) is 0 Å². The van der Waals surface area contributed by atoms with Crippen molar-refractivity contribution in [3.63, 3.8) is 0 Å². The minimum atomic E-state index is -0.171.